The van der Waals surface area contributed by atoms with Crippen LogP contribution in [0.5, 0.6) is 0 Å². The molecule has 1 heterocycles. The van der Waals surface area contributed by atoms with Gasteiger partial charge in [0.05, 0.1) is 0 Å². The van der Waals surface area contributed by atoms with E-state index in [0.717, 1.165) is 51.7 Å². The van der Waals surface area contributed by atoms with E-state index in [1.54, 1.807) is 0 Å². The van der Waals surface area contributed by atoms with Crippen molar-refractivity contribution in [1.82, 2.24) is 16.0 Å². The molecule has 0 aromatic carbocycles. The first-order valence-electron chi connectivity index (χ1n) is 7.84. The van der Waals surface area contributed by atoms with E-state index in [9.17, 15) is 9.59 Å². The first kappa shape index (κ1) is 18.2. The maximum absolute atomic E-state index is 11.8. The first-order chi connectivity index (χ1) is 9.59. The Kier molecular flexibility index (Phi) is 7.46. The highest BCUT2D eigenvalue weighted by molar-refractivity contribution is 5.85. The van der Waals surface area contributed by atoms with Crippen LogP contribution in [0.1, 0.15) is 45.4 Å². The number of piperidine rings is 1. The largest absolute Gasteiger partial charge is 0.356 e. The molecule has 1 saturated carbocycles. The van der Waals surface area contributed by atoms with Gasteiger partial charge >= 0.3 is 0 Å². The summed E-state index contributed by atoms with van der Waals surface area (Å²) in [5.41, 5.74) is 0.237. The summed E-state index contributed by atoms with van der Waals surface area (Å²) in [4.78, 5) is 23.2. The number of carbonyl (C=O) groups is 2. The molecular weight excluding hydrogens is 290 g/mol. The Balaban J connectivity index is 0.00000220. The Hall–Kier alpha value is -0.810. The van der Waals surface area contributed by atoms with E-state index in [0.29, 0.717) is 13.0 Å². The maximum atomic E-state index is 11.8. The van der Waals surface area contributed by atoms with Crippen molar-refractivity contribution < 1.29 is 9.59 Å². The molecule has 2 rings (SSSR count). The van der Waals surface area contributed by atoms with Crippen molar-refractivity contribution in [3.8, 4) is 0 Å². The number of carbonyl (C=O) groups excluding carboxylic acids is 2. The van der Waals surface area contributed by atoms with Crippen LogP contribution < -0.4 is 16.0 Å². The van der Waals surface area contributed by atoms with Crippen LogP contribution in [0, 0.1) is 11.3 Å². The number of hydrogen-bond donors (Lipinski definition) is 3. The molecular formula is C15H28ClN3O2. The van der Waals surface area contributed by atoms with Crippen LogP contribution in [0.3, 0.4) is 0 Å². The zero-order valence-corrected chi connectivity index (χ0v) is 13.7. The molecule has 2 aliphatic rings. The molecule has 5 nitrogen and oxygen atoms in total. The average molecular weight is 318 g/mol. The number of nitrogens with one attached hydrogen (secondary N) is 3. The van der Waals surface area contributed by atoms with Gasteiger partial charge in [-0.2, -0.15) is 0 Å². The van der Waals surface area contributed by atoms with Crippen molar-refractivity contribution in [3.63, 3.8) is 0 Å². The molecule has 21 heavy (non-hydrogen) atoms. The molecule has 1 aliphatic heterocycles. The third-order valence-electron chi connectivity index (χ3n) is 4.35. The summed E-state index contributed by atoms with van der Waals surface area (Å²) in [5, 5.41) is 9.26. The summed E-state index contributed by atoms with van der Waals surface area (Å²) in [6, 6.07) is 0. The van der Waals surface area contributed by atoms with Crippen molar-refractivity contribution in [2.45, 2.75) is 45.4 Å². The predicted octanol–water partition coefficient (Wildman–Crippen LogP) is 1.22. The molecule has 0 atom stereocenters. The second-order valence-electron chi connectivity index (χ2n) is 6.51. The fourth-order valence-electron chi connectivity index (χ4n) is 2.56. The fourth-order valence-corrected chi connectivity index (χ4v) is 2.56. The molecule has 6 heteroatoms. The van der Waals surface area contributed by atoms with Gasteiger partial charge in [0.2, 0.25) is 11.8 Å². The molecule has 0 aromatic heterocycles. The lowest BCUT2D eigenvalue weighted by Gasteiger charge is -2.34. The normalized spacial score (nSPS) is 20.2. The van der Waals surface area contributed by atoms with Crippen LogP contribution >= 0.6 is 12.4 Å². The van der Waals surface area contributed by atoms with Crippen LogP contribution in [-0.2, 0) is 9.59 Å². The second kappa shape index (κ2) is 8.59. The third-order valence-corrected chi connectivity index (χ3v) is 4.35. The highest BCUT2D eigenvalue weighted by atomic mass is 35.5. The monoisotopic (exact) mass is 317 g/mol. The van der Waals surface area contributed by atoms with Crippen LogP contribution in [0.15, 0.2) is 0 Å². The van der Waals surface area contributed by atoms with Gasteiger partial charge in [-0.25, -0.2) is 0 Å². The Morgan fingerprint density at radius 2 is 1.86 bits per heavy atom. The van der Waals surface area contributed by atoms with E-state index in [2.05, 4.69) is 22.9 Å². The standard InChI is InChI=1S/C15H27N3O2.ClH/c1-15(6-9-16-10-7-15)11-18-13(19)3-2-8-17-14(20)12-4-5-12;/h12,16H,2-11H2,1H3,(H,17,20)(H,18,19);1H. The van der Waals surface area contributed by atoms with Gasteiger partial charge in [-0.15, -0.1) is 12.4 Å². The van der Waals surface area contributed by atoms with Gasteiger partial charge in [-0.3, -0.25) is 9.59 Å². The highest BCUT2D eigenvalue weighted by Crippen LogP contribution is 2.28. The highest BCUT2D eigenvalue weighted by Gasteiger charge is 2.29. The van der Waals surface area contributed by atoms with Crippen molar-refractivity contribution in [2.75, 3.05) is 26.2 Å². The quantitative estimate of drug-likeness (QED) is 0.618. The number of halogens is 1. The lowest BCUT2D eigenvalue weighted by atomic mass is 9.81. The predicted molar refractivity (Wildman–Crippen MR) is 85.4 cm³/mol. The summed E-state index contributed by atoms with van der Waals surface area (Å²) in [6.07, 6.45) is 5.51. The van der Waals surface area contributed by atoms with Gasteiger partial charge in [-0.05, 0) is 50.6 Å². The molecule has 0 aromatic rings. The van der Waals surface area contributed by atoms with E-state index in [1.807, 2.05) is 0 Å². The zero-order valence-electron chi connectivity index (χ0n) is 12.9. The maximum Gasteiger partial charge on any atom is 0.223 e. The van der Waals surface area contributed by atoms with Gasteiger partial charge in [0.1, 0.15) is 0 Å². The Labute approximate surface area is 133 Å². The fraction of sp³-hybridized carbons (Fsp3) is 0.867. The van der Waals surface area contributed by atoms with E-state index in [4.69, 9.17) is 0 Å². The molecule has 2 amide bonds. The molecule has 1 aliphatic carbocycles. The molecule has 122 valence electrons. The SMILES string of the molecule is CC1(CNC(=O)CCCNC(=O)C2CC2)CCNCC1.Cl. The minimum atomic E-state index is 0. The molecule has 3 N–H and O–H groups in total. The second-order valence-corrected chi connectivity index (χ2v) is 6.51. The summed E-state index contributed by atoms with van der Waals surface area (Å²) >= 11 is 0. The minimum absolute atomic E-state index is 0. The topological polar surface area (TPSA) is 70.2 Å². The minimum Gasteiger partial charge on any atom is -0.356 e. The van der Waals surface area contributed by atoms with E-state index in [1.165, 1.54) is 0 Å². The lowest BCUT2D eigenvalue weighted by Crippen LogP contribution is -2.43. The number of hydrogen-bond acceptors (Lipinski definition) is 3. The summed E-state index contributed by atoms with van der Waals surface area (Å²) in [7, 11) is 0. The van der Waals surface area contributed by atoms with Crippen LogP contribution in [0.4, 0.5) is 0 Å². The average Bonchev–Trinajstić information content (AvgIpc) is 3.27. The van der Waals surface area contributed by atoms with Gasteiger partial charge < -0.3 is 16.0 Å². The van der Waals surface area contributed by atoms with Crippen molar-refractivity contribution in [2.24, 2.45) is 11.3 Å². The molecule has 0 spiro atoms. The molecule has 1 saturated heterocycles. The zero-order chi connectivity index (χ0) is 14.4. The Morgan fingerprint density at radius 1 is 1.19 bits per heavy atom. The van der Waals surface area contributed by atoms with E-state index < -0.39 is 0 Å². The van der Waals surface area contributed by atoms with Crippen molar-refractivity contribution in [3.05, 3.63) is 0 Å². The number of rotatable bonds is 7. The van der Waals surface area contributed by atoms with Crippen molar-refractivity contribution in [1.29, 1.82) is 0 Å². The van der Waals surface area contributed by atoms with Gasteiger partial charge in [-0.1, -0.05) is 6.92 Å². The Morgan fingerprint density at radius 3 is 2.48 bits per heavy atom. The van der Waals surface area contributed by atoms with Crippen LogP contribution in [-0.4, -0.2) is 38.0 Å². The summed E-state index contributed by atoms with van der Waals surface area (Å²) in [6.45, 7) is 5.70. The van der Waals surface area contributed by atoms with Crippen molar-refractivity contribution >= 4 is 24.2 Å². The van der Waals surface area contributed by atoms with E-state index in [-0.39, 0.29) is 35.6 Å². The molecule has 0 bridgehead atoms. The Bertz CT molecular complexity index is 353. The first-order valence-corrected chi connectivity index (χ1v) is 7.84. The number of amides is 2. The summed E-state index contributed by atoms with van der Waals surface area (Å²) < 4.78 is 0. The smallest absolute Gasteiger partial charge is 0.223 e. The summed E-state index contributed by atoms with van der Waals surface area (Å²) in [5.74, 6) is 0.516. The molecule has 0 unspecified atom stereocenters. The molecule has 0 radical (unpaired) electrons. The van der Waals surface area contributed by atoms with Crippen LogP contribution in [0.25, 0.3) is 0 Å². The third kappa shape index (κ3) is 6.66. The van der Waals surface area contributed by atoms with Gasteiger partial charge in [0, 0.05) is 25.4 Å². The van der Waals surface area contributed by atoms with Gasteiger partial charge in [0.25, 0.3) is 0 Å². The van der Waals surface area contributed by atoms with E-state index >= 15 is 0 Å². The van der Waals surface area contributed by atoms with Crippen LogP contribution in [0.2, 0.25) is 0 Å². The molecule has 2 fully saturated rings. The van der Waals surface area contributed by atoms with Gasteiger partial charge in [0.15, 0.2) is 0 Å². The lowest BCUT2D eigenvalue weighted by molar-refractivity contribution is -0.123.